The van der Waals surface area contributed by atoms with Crippen LogP contribution in [-0.4, -0.2) is 41.6 Å². The van der Waals surface area contributed by atoms with Crippen molar-refractivity contribution in [2.24, 2.45) is 0 Å². The van der Waals surface area contributed by atoms with Crippen LogP contribution in [0.2, 0.25) is 0 Å². The molecule has 1 unspecified atom stereocenters. The lowest BCUT2D eigenvalue weighted by Crippen LogP contribution is -2.43. The molecule has 5 nitrogen and oxygen atoms in total. The number of halogens is 1. The van der Waals surface area contributed by atoms with Crippen LogP contribution in [0.5, 0.6) is 0 Å². The first-order valence-electron chi connectivity index (χ1n) is 8.00. The van der Waals surface area contributed by atoms with E-state index in [9.17, 15) is 14.0 Å². The van der Waals surface area contributed by atoms with E-state index >= 15 is 0 Å². The van der Waals surface area contributed by atoms with Crippen LogP contribution in [0.1, 0.15) is 27.6 Å². The van der Waals surface area contributed by atoms with Gasteiger partial charge >= 0.3 is 5.97 Å². The van der Waals surface area contributed by atoms with Crippen molar-refractivity contribution in [1.29, 1.82) is 0 Å². The summed E-state index contributed by atoms with van der Waals surface area (Å²) in [6, 6.07) is 12.4. The fourth-order valence-corrected chi connectivity index (χ4v) is 2.86. The second-order valence-corrected chi connectivity index (χ2v) is 5.93. The number of hydrogen-bond donors (Lipinski definition) is 1. The second-order valence-electron chi connectivity index (χ2n) is 5.93. The predicted molar refractivity (Wildman–Crippen MR) is 88.8 cm³/mol. The summed E-state index contributed by atoms with van der Waals surface area (Å²) < 4.78 is 18.7. The van der Waals surface area contributed by atoms with Gasteiger partial charge in [-0.1, -0.05) is 24.3 Å². The number of ether oxygens (including phenoxy) is 1. The van der Waals surface area contributed by atoms with Gasteiger partial charge < -0.3 is 14.7 Å². The molecule has 2 aromatic rings. The number of carbonyl (C=O) groups excluding carboxylic acids is 1. The van der Waals surface area contributed by atoms with Gasteiger partial charge in [-0.15, -0.1) is 0 Å². The molecular formula is C19H18FNO4. The maximum atomic E-state index is 13.0. The van der Waals surface area contributed by atoms with Crippen molar-refractivity contribution in [3.8, 4) is 0 Å². The summed E-state index contributed by atoms with van der Waals surface area (Å²) in [5, 5.41) is 9.03. The summed E-state index contributed by atoms with van der Waals surface area (Å²) in [6.45, 7) is 1.28. The lowest BCUT2D eigenvalue weighted by Gasteiger charge is -2.33. The molecular weight excluding hydrogens is 325 g/mol. The fourth-order valence-electron chi connectivity index (χ4n) is 2.86. The number of carbonyl (C=O) groups is 2. The Balaban J connectivity index is 1.66. The first-order valence-corrected chi connectivity index (χ1v) is 8.00. The fraction of sp³-hybridized carbons (Fsp3) is 0.263. The van der Waals surface area contributed by atoms with Gasteiger partial charge in [0, 0.05) is 6.54 Å². The quantitative estimate of drug-likeness (QED) is 0.927. The van der Waals surface area contributed by atoms with Gasteiger partial charge in [0.1, 0.15) is 11.9 Å². The van der Waals surface area contributed by atoms with Crippen LogP contribution >= 0.6 is 0 Å². The molecule has 0 radical (unpaired) electrons. The van der Waals surface area contributed by atoms with Crippen molar-refractivity contribution < 1.29 is 23.8 Å². The molecule has 1 N–H and O–H groups in total. The Morgan fingerprint density at radius 3 is 2.68 bits per heavy atom. The van der Waals surface area contributed by atoms with E-state index in [4.69, 9.17) is 9.84 Å². The molecule has 1 aliphatic rings. The van der Waals surface area contributed by atoms with Crippen molar-refractivity contribution in [1.82, 2.24) is 4.90 Å². The van der Waals surface area contributed by atoms with E-state index < -0.39 is 5.97 Å². The Morgan fingerprint density at radius 1 is 1.20 bits per heavy atom. The van der Waals surface area contributed by atoms with Gasteiger partial charge in [0.2, 0.25) is 5.91 Å². The molecule has 2 aromatic carbocycles. The summed E-state index contributed by atoms with van der Waals surface area (Å²) in [7, 11) is 0. The first-order chi connectivity index (χ1) is 12.0. The van der Waals surface area contributed by atoms with Crippen LogP contribution in [0.15, 0.2) is 48.5 Å². The van der Waals surface area contributed by atoms with E-state index in [-0.39, 0.29) is 29.8 Å². The molecule has 0 spiro atoms. The third kappa shape index (κ3) is 4.22. The summed E-state index contributed by atoms with van der Waals surface area (Å²) in [5.74, 6) is -1.42. The van der Waals surface area contributed by atoms with Crippen molar-refractivity contribution >= 4 is 11.9 Å². The zero-order chi connectivity index (χ0) is 17.8. The second kappa shape index (κ2) is 7.44. The Morgan fingerprint density at radius 2 is 1.96 bits per heavy atom. The topological polar surface area (TPSA) is 66.8 Å². The van der Waals surface area contributed by atoms with Crippen LogP contribution in [0, 0.1) is 5.82 Å². The molecule has 0 aliphatic carbocycles. The van der Waals surface area contributed by atoms with Gasteiger partial charge in [-0.2, -0.15) is 0 Å². The maximum Gasteiger partial charge on any atom is 0.335 e. The third-order valence-electron chi connectivity index (χ3n) is 4.19. The largest absolute Gasteiger partial charge is 0.478 e. The van der Waals surface area contributed by atoms with Gasteiger partial charge in [0.05, 0.1) is 25.1 Å². The maximum absolute atomic E-state index is 13.0. The Hall–Kier alpha value is -2.73. The lowest BCUT2D eigenvalue weighted by atomic mass is 10.1. The SMILES string of the molecule is O=C(O)c1cccc(CC(=O)N2CCOC(c3ccc(F)cc3)C2)c1. The van der Waals surface area contributed by atoms with E-state index in [0.29, 0.717) is 25.3 Å². The number of carboxylic acids is 1. The summed E-state index contributed by atoms with van der Waals surface area (Å²) >= 11 is 0. The average molecular weight is 343 g/mol. The van der Waals surface area contributed by atoms with Crippen LogP contribution in [0.4, 0.5) is 4.39 Å². The Kier molecular flexibility index (Phi) is 5.09. The highest BCUT2D eigenvalue weighted by Gasteiger charge is 2.25. The lowest BCUT2D eigenvalue weighted by molar-refractivity contribution is -0.138. The smallest absolute Gasteiger partial charge is 0.335 e. The zero-order valence-electron chi connectivity index (χ0n) is 13.5. The summed E-state index contributed by atoms with van der Waals surface area (Å²) in [6.07, 6.45) is -0.152. The minimum absolute atomic E-state index is 0.0852. The molecule has 1 aliphatic heterocycles. The Bertz CT molecular complexity index is 775. The molecule has 1 fully saturated rings. The Labute approximate surface area is 144 Å². The van der Waals surface area contributed by atoms with E-state index in [1.807, 2.05) is 0 Å². The minimum atomic E-state index is -1.02. The van der Waals surface area contributed by atoms with Crippen molar-refractivity contribution in [3.05, 3.63) is 71.0 Å². The number of hydrogen-bond acceptors (Lipinski definition) is 3. The van der Waals surface area contributed by atoms with Gasteiger partial charge in [-0.05, 0) is 35.4 Å². The zero-order valence-corrected chi connectivity index (χ0v) is 13.5. The highest BCUT2D eigenvalue weighted by atomic mass is 19.1. The number of nitrogens with zero attached hydrogens (tertiary/aromatic N) is 1. The minimum Gasteiger partial charge on any atom is -0.478 e. The molecule has 3 rings (SSSR count). The average Bonchev–Trinajstić information content (AvgIpc) is 2.62. The summed E-state index contributed by atoms with van der Waals surface area (Å²) in [5.41, 5.74) is 1.65. The number of rotatable bonds is 4. The van der Waals surface area contributed by atoms with E-state index in [0.717, 1.165) is 5.56 Å². The number of aromatic carboxylic acids is 1. The number of morpholine rings is 1. The number of benzene rings is 2. The van der Waals surface area contributed by atoms with Crippen LogP contribution < -0.4 is 0 Å². The molecule has 1 heterocycles. The highest BCUT2D eigenvalue weighted by molar-refractivity contribution is 5.88. The monoisotopic (exact) mass is 343 g/mol. The van der Waals surface area contributed by atoms with Crippen LogP contribution in [0.3, 0.4) is 0 Å². The predicted octanol–water partition coefficient (Wildman–Crippen LogP) is 2.67. The molecule has 1 amide bonds. The van der Waals surface area contributed by atoms with E-state index in [1.54, 1.807) is 29.2 Å². The molecule has 1 atom stereocenters. The molecule has 1 saturated heterocycles. The van der Waals surface area contributed by atoms with Crippen molar-refractivity contribution in [3.63, 3.8) is 0 Å². The van der Waals surface area contributed by atoms with E-state index in [1.165, 1.54) is 24.3 Å². The molecule has 6 heteroatoms. The number of carboxylic acid groups (broad SMARTS) is 1. The highest BCUT2D eigenvalue weighted by Crippen LogP contribution is 2.23. The van der Waals surface area contributed by atoms with Crippen molar-refractivity contribution in [2.45, 2.75) is 12.5 Å². The van der Waals surface area contributed by atoms with Gasteiger partial charge in [-0.25, -0.2) is 9.18 Å². The van der Waals surface area contributed by atoms with Gasteiger partial charge in [-0.3, -0.25) is 4.79 Å². The third-order valence-corrected chi connectivity index (χ3v) is 4.19. The first kappa shape index (κ1) is 17.1. The van der Waals surface area contributed by atoms with Crippen LogP contribution in [0.25, 0.3) is 0 Å². The molecule has 0 aromatic heterocycles. The summed E-state index contributed by atoms with van der Waals surface area (Å²) in [4.78, 5) is 25.3. The molecule has 0 saturated carbocycles. The molecule has 25 heavy (non-hydrogen) atoms. The normalized spacial score (nSPS) is 17.3. The molecule has 0 bridgehead atoms. The molecule has 130 valence electrons. The standard InChI is InChI=1S/C19H18FNO4/c20-16-6-4-14(5-7-16)17-12-21(8-9-25-17)18(22)11-13-2-1-3-15(10-13)19(23)24/h1-7,10,17H,8-9,11-12H2,(H,23,24). The van der Waals surface area contributed by atoms with Gasteiger partial charge in [0.25, 0.3) is 0 Å². The number of amides is 1. The van der Waals surface area contributed by atoms with Crippen molar-refractivity contribution in [2.75, 3.05) is 19.7 Å². The van der Waals surface area contributed by atoms with Crippen LogP contribution in [-0.2, 0) is 16.0 Å². The van der Waals surface area contributed by atoms with E-state index in [2.05, 4.69) is 0 Å². The van der Waals surface area contributed by atoms with Gasteiger partial charge in [0.15, 0.2) is 0 Å².